The zero-order chi connectivity index (χ0) is 15.3. The molecule has 4 nitrogen and oxygen atoms in total. The summed E-state index contributed by atoms with van der Waals surface area (Å²) in [7, 11) is 0. The molecule has 0 fully saturated rings. The van der Waals surface area contributed by atoms with Crippen LogP contribution in [0.4, 0.5) is 5.69 Å². The van der Waals surface area contributed by atoms with Crippen LogP contribution in [0, 0.1) is 0 Å². The van der Waals surface area contributed by atoms with Gasteiger partial charge in [0.25, 0.3) is 0 Å². The molecule has 1 unspecified atom stereocenters. The van der Waals surface area contributed by atoms with Crippen LogP contribution in [0.3, 0.4) is 0 Å². The van der Waals surface area contributed by atoms with E-state index >= 15 is 0 Å². The smallest absolute Gasteiger partial charge is 0.233 e. The lowest BCUT2D eigenvalue weighted by Gasteiger charge is -2.23. The number of carbonyl (C=O) groups is 2. The van der Waals surface area contributed by atoms with Crippen molar-refractivity contribution in [3.05, 3.63) is 24.3 Å². The third-order valence-electron chi connectivity index (χ3n) is 2.35. The number of hydrogen-bond donors (Lipinski definition) is 2. The van der Waals surface area contributed by atoms with E-state index in [-0.39, 0.29) is 22.6 Å². The fraction of sp³-hybridized carbons (Fsp3) is 0.467. The average Bonchev–Trinajstić information content (AvgIpc) is 2.28. The van der Waals surface area contributed by atoms with Gasteiger partial charge < -0.3 is 10.6 Å². The molecule has 0 saturated carbocycles. The lowest BCUT2D eigenvalue weighted by atomic mass is 10.1. The second-order valence-corrected chi connectivity index (χ2v) is 7.12. The number of anilines is 1. The summed E-state index contributed by atoms with van der Waals surface area (Å²) in [4.78, 5) is 23.9. The largest absolute Gasteiger partial charge is 0.351 e. The number of hydrogen-bond acceptors (Lipinski definition) is 3. The van der Waals surface area contributed by atoms with Crippen molar-refractivity contribution in [1.82, 2.24) is 5.32 Å². The minimum atomic E-state index is -0.221. The van der Waals surface area contributed by atoms with Crippen LogP contribution >= 0.6 is 11.8 Å². The quantitative estimate of drug-likeness (QED) is 0.839. The third-order valence-corrected chi connectivity index (χ3v) is 3.47. The Labute approximate surface area is 124 Å². The molecule has 1 aromatic rings. The van der Waals surface area contributed by atoms with Gasteiger partial charge in [-0.2, -0.15) is 0 Å². The number of nitrogens with one attached hydrogen (secondary N) is 2. The predicted octanol–water partition coefficient (Wildman–Crippen LogP) is 3.04. The number of rotatable bonds is 4. The first-order chi connectivity index (χ1) is 9.17. The first-order valence-electron chi connectivity index (χ1n) is 6.54. The summed E-state index contributed by atoms with van der Waals surface area (Å²) in [6.07, 6.45) is 0. The average molecular weight is 294 g/mol. The van der Waals surface area contributed by atoms with Gasteiger partial charge >= 0.3 is 0 Å². The van der Waals surface area contributed by atoms with Crippen molar-refractivity contribution < 1.29 is 9.59 Å². The molecule has 2 amide bonds. The summed E-state index contributed by atoms with van der Waals surface area (Å²) in [6.45, 7) is 9.24. The van der Waals surface area contributed by atoms with E-state index in [1.807, 2.05) is 52.0 Å². The number of carbonyl (C=O) groups excluding carboxylic acids is 2. The van der Waals surface area contributed by atoms with Gasteiger partial charge in [0.05, 0.1) is 5.25 Å². The molecular weight excluding hydrogens is 272 g/mol. The molecule has 0 spiro atoms. The molecule has 110 valence electrons. The topological polar surface area (TPSA) is 58.2 Å². The predicted molar refractivity (Wildman–Crippen MR) is 84.0 cm³/mol. The molecule has 1 rings (SSSR count). The van der Waals surface area contributed by atoms with Gasteiger partial charge in [-0.1, -0.05) is 0 Å². The summed E-state index contributed by atoms with van der Waals surface area (Å²) < 4.78 is 0. The summed E-state index contributed by atoms with van der Waals surface area (Å²) in [5, 5.41) is 5.51. The van der Waals surface area contributed by atoms with Crippen molar-refractivity contribution in [2.75, 3.05) is 5.32 Å². The van der Waals surface area contributed by atoms with E-state index in [1.165, 1.54) is 18.7 Å². The fourth-order valence-corrected chi connectivity index (χ4v) is 2.42. The van der Waals surface area contributed by atoms with Crippen LogP contribution in [0.1, 0.15) is 34.6 Å². The Morgan fingerprint density at radius 2 is 1.70 bits per heavy atom. The third kappa shape index (κ3) is 6.10. The molecule has 0 heterocycles. The van der Waals surface area contributed by atoms with Gasteiger partial charge in [0, 0.05) is 23.0 Å². The van der Waals surface area contributed by atoms with Gasteiger partial charge in [-0.25, -0.2) is 0 Å². The second kappa shape index (κ2) is 6.79. The standard InChI is InChI=1S/C15H22N2O2S/c1-10(14(19)17-15(3,4)5)20-13-8-6-12(7-9-13)16-11(2)18/h6-10H,1-5H3,(H,16,18)(H,17,19). The summed E-state index contributed by atoms with van der Waals surface area (Å²) in [6, 6.07) is 7.46. The highest BCUT2D eigenvalue weighted by Crippen LogP contribution is 2.25. The molecule has 20 heavy (non-hydrogen) atoms. The summed E-state index contributed by atoms with van der Waals surface area (Å²) in [5.74, 6) is -0.0724. The van der Waals surface area contributed by atoms with E-state index in [9.17, 15) is 9.59 Å². The van der Waals surface area contributed by atoms with E-state index < -0.39 is 0 Å². The van der Waals surface area contributed by atoms with Crippen molar-refractivity contribution in [2.45, 2.75) is 50.3 Å². The van der Waals surface area contributed by atoms with Crippen LogP contribution in [0.2, 0.25) is 0 Å². The number of amides is 2. The van der Waals surface area contributed by atoms with Crippen molar-refractivity contribution in [1.29, 1.82) is 0 Å². The van der Waals surface area contributed by atoms with Crippen LogP contribution in [-0.4, -0.2) is 22.6 Å². The highest BCUT2D eigenvalue weighted by Gasteiger charge is 2.19. The monoisotopic (exact) mass is 294 g/mol. The Hall–Kier alpha value is -1.49. The normalized spacial score (nSPS) is 12.7. The SMILES string of the molecule is CC(=O)Nc1ccc(SC(C)C(=O)NC(C)(C)C)cc1. The van der Waals surface area contributed by atoms with Gasteiger partial charge in [-0.05, 0) is 52.0 Å². The van der Waals surface area contributed by atoms with Crippen LogP contribution < -0.4 is 10.6 Å². The molecule has 0 aromatic heterocycles. The van der Waals surface area contributed by atoms with Crippen molar-refractivity contribution in [3.63, 3.8) is 0 Å². The van der Waals surface area contributed by atoms with Gasteiger partial charge in [-0.3, -0.25) is 9.59 Å². The molecule has 1 atom stereocenters. The Morgan fingerprint density at radius 1 is 1.15 bits per heavy atom. The lowest BCUT2D eigenvalue weighted by molar-refractivity contribution is -0.121. The van der Waals surface area contributed by atoms with Gasteiger partial charge in [0.15, 0.2) is 0 Å². The zero-order valence-electron chi connectivity index (χ0n) is 12.6. The highest BCUT2D eigenvalue weighted by molar-refractivity contribution is 8.00. The molecule has 2 N–H and O–H groups in total. The molecule has 0 aliphatic heterocycles. The minimum Gasteiger partial charge on any atom is -0.351 e. The van der Waals surface area contributed by atoms with Gasteiger partial charge in [0.2, 0.25) is 11.8 Å². The Bertz CT molecular complexity index is 478. The van der Waals surface area contributed by atoms with Crippen LogP contribution in [0.25, 0.3) is 0 Å². The highest BCUT2D eigenvalue weighted by atomic mass is 32.2. The molecule has 0 aliphatic carbocycles. The molecule has 0 saturated heterocycles. The Kier molecular flexibility index (Phi) is 5.62. The summed E-state index contributed by atoms with van der Waals surface area (Å²) in [5.41, 5.74) is 0.537. The maximum Gasteiger partial charge on any atom is 0.233 e. The first-order valence-corrected chi connectivity index (χ1v) is 7.42. The lowest BCUT2D eigenvalue weighted by Crippen LogP contribution is -2.44. The van der Waals surface area contributed by atoms with Crippen molar-refractivity contribution >= 4 is 29.3 Å². The van der Waals surface area contributed by atoms with Crippen LogP contribution in [0.5, 0.6) is 0 Å². The number of benzene rings is 1. The maximum atomic E-state index is 12.0. The maximum absolute atomic E-state index is 12.0. The first kappa shape index (κ1) is 16.6. The fourth-order valence-electron chi connectivity index (χ4n) is 1.55. The van der Waals surface area contributed by atoms with Gasteiger partial charge in [-0.15, -0.1) is 11.8 Å². The zero-order valence-corrected chi connectivity index (χ0v) is 13.4. The van der Waals surface area contributed by atoms with Crippen molar-refractivity contribution in [2.24, 2.45) is 0 Å². The Balaban J connectivity index is 2.60. The molecule has 1 aromatic carbocycles. The van der Waals surface area contributed by atoms with E-state index in [2.05, 4.69) is 10.6 Å². The molecule has 0 aliphatic rings. The molecular formula is C15H22N2O2S. The van der Waals surface area contributed by atoms with E-state index in [0.29, 0.717) is 0 Å². The van der Waals surface area contributed by atoms with E-state index in [0.717, 1.165) is 10.6 Å². The van der Waals surface area contributed by atoms with E-state index in [4.69, 9.17) is 0 Å². The van der Waals surface area contributed by atoms with E-state index in [1.54, 1.807) is 0 Å². The van der Waals surface area contributed by atoms with Gasteiger partial charge in [0.1, 0.15) is 0 Å². The molecule has 0 bridgehead atoms. The number of thioether (sulfide) groups is 1. The molecule has 0 radical (unpaired) electrons. The van der Waals surface area contributed by atoms with Crippen molar-refractivity contribution in [3.8, 4) is 0 Å². The molecule has 5 heteroatoms. The Morgan fingerprint density at radius 3 is 2.15 bits per heavy atom. The second-order valence-electron chi connectivity index (χ2n) is 5.70. The summed E-state index contributed by atoms with van der Waals surface area (Å²) >= 11 is 1.50. The van der Waals surface area contributed by atoms with Crippen LogP contribution in [-0.2, 0) is 9.59 Å². The minimum absolute atomic E-state index is 0.0217. The van der Waals surface area contributed by atoms with Crippen LogP contribution in [0.15, 0.2) is 29.2 Å².